The van der Waals surface area contributed by atoms with Gasteiger partial charge in [0, 0.05) is 25.2 Å². The molecule has 6 heteroatoms. The Morgan fingerprint density at radius 2 is 2.00 bits per heavy atom. The van der Waals surface area contributed by atoms with Gasteiger partial charge in [0.2, 0.25) is 10.0 Å². The number of sulfonamides is 1. The standard InChI is InChI=1S/C12H17ClN2O2S/c1-12(2)9-15(8-7-14-12)18(16,17)11-6-4-3-5-10(11)13/h3-6,14H,7-9H2,1-2H3. The van der Waals surface area contributed by atoms with Gasteiger partial charge in [-0.2, -0.15) is 4.31 Å². The third-order valence-corrected chi connectivity index (χ3v) is 5.34. The maximum Gasteiger partial charge on any atom is 0.244 e. The molecular weight excluding hydrogens is 272 g/mol. The van der Waals surface area contributed by atoms with Crippen LogP contribution in [-0.2, 0) is 10.0 Å². The monoisotopic (exact) mass is 288 g/mol. The lowest BCUT2D eigenvalue weighted by Gasteiger charge is -2.38. The molecule has 0 atom stereocenters. The number of hydrogen-bond donors (Lipinski definition) is 1. The number of halogens is 1. The normalized spacial score (nSPS) is 20.8. The number of hydrogen-bond acceptors (Lipinski definition) is 3. The molecule has 2 rings (SSSR count). The molecule has 4 nitrogen and oxygen atoms in total. The Kier molecular flexibility index (Phi) is 3.69. The molecule has 0 aliphatic carbocycles. The molecule has 100 valence electrons. The maximum atomic E-state index is 12.5. The predicted octanol–water partition coefficient (Wildman–Crippen LogP) is 1.71. The quantitative estimate of drug-likeness (QED) is 0.901. The Bertz CT molecular complexity index is 543. The Morgan fingerprint density at radius 3 is 2.61 bits per heavy atom. The van der Waals surface area contributed by atoms with Gasteiger partial charge in [-0.15, -0.1) is 0 Å². The van der Waals surface area contributed by atoms with Crippen molar-refractivity contribution in [2.75, 3.05) is 19.6 Å². The fraction of sp³-hybridized carbons (Fsp3) is 0.500. The average Bonchev–Trinajstić information content (AvgIpc) is 2.28. The Labute approximate surface area is 113 Å². The summed E-state index contributed by atoms with van der Waals surface area (Å²) in [7, 11) is -3.50. The van der Waals surface area contributed by atoms with E-state index in [2.05, 4.69) is 5.32 Å². The van der Waals surface area contributed by atoms with Crippen molar-refractivity contribution in [1.29, 1.82) is 0 Å². The van der Waals surface area contributed by atoms with Gasteiger partial charge in [-0.1, -0.05) is 23.7 Å². The predicted molar refractivity (Wildman–Crippen MR) is 72.3 cm³/mol. The van der Waals surface area contributed by atoms with Gasteiger partial charge in [0.15, 0.2) is 0 Å². The first-order chi connectivity index (χ1) is 8.33. The van der Waals surface area contributed by atoms with Crippen LogP contribution in [0.2, 0.25) is 5.02 Å². The van der Waals surface area contributed by atoms with E-state index in [-0.39, 0.29) is 15.5 Å². The minimum absolute atomic E-state index is 0.185. The number of nitrogens with zero attached hydrogens (tertiary/aromatic N) is 1. The molecule has 0 radical (unpaired) electrons. The Balaban J connectivity index is 2.35. The average molecular weight is 289 g/mol. The van der Waals surface area contributed by atoms with Crippen molar-refractivity contribution in [3.63, 3.8) is 0 Å². The molecule has 0 aromatic heterocycles. The number of rotatable bonds is 2. The third kappa shape index (κ3) is 2.69. The molecule has 0 unspecified atom stereocenters. The van der Waals surface area contributed by atoms with Crippen LogP contribution in [0.5, 0.6) is 0 Å². The van der Waals surface area contributed by atoms with Crippen molar-refractivity contribution < 1.29 is 8.42 Å². The lowest BCUT2D eigenvalue weighted by Crippen LogP contribution is -2.58. The summed E-state index contributed by atoms with van der Waals surface area (Å²) >= 11 is 5.98. The van der Waals surface area contributed by atoms with Crippen LogP contribution >= 0.6 is 11.6 Å². The highest BCUT2D eigenvalue weighted by Crippen LogP contribution is 2.26. The summed E-state index contributed by atoms with van der Waals surface area (Å²) in [6.07, 6.45) is 0. The third-order valence-electron chi connectivity index (χ3n) is 2.99. The molecule has 0 bridgehead atoms. The van der Waals surface area contributed by atoms with Crippen LogP contribution in [0.1, 0.15) is 13.8 Å². The second kappa shape index (κ2) is 4.81. The molecule has 0 saturated carbocycles. The van der Waals surface area contributed by atoms with Crippen molar-refractivity contribution in [1.82, 2.24) is 9.62 Å². The minimum atomic E-state index is -3.50. The SMILES string of the molecule is CC1(C)CN(S(=O)(=O)c2ccccc2Cl)CCN1. The molecule has 1 aromatic rings. The summed E-state index contributed by atoms with van der Waals surface area (Å²) in [6.45, 7) is 5.54. The van der Waals surface area contributed by atoms with Crippen LogP contribution in [0.4, 0.5) is 0 Å². The number of piperazine rings is 1. The molecule has 1 saturated heterocycles. The van der Waals surface area contributed by atoms with E-state index in [0.717, 1.165) is 0 Å². The second-order valence-electron chi connectivity index (χ2n) is 5.08. The van der Waals surface area contributed by atoms with Crippen LogP contribution in [0.3, 0.4) is 0 Å². The highest BCUT2D eigenvalue weighted by Gasteiger charge is 2.34. The van der Waals surface area contributed by atoms with E-state index in [1.165, 1.54) is 4.31 Å². The van der Waals surface area contributed by atoms with Crippen LogP contribution < -0.4 is 5.32 Å². The van der Waals surface area contributed by atoms with Crippen molar-refractivity contribution >= 4 is 21.6 Å². The number of nitrogens with one attached hydrogen (secondary N) is 1. The largest absolute Gasteiger partial charge is 0.309 e. The highest BCUT2D eigenvalue weighted by atomic mass is 35.5. The first-order valence-electron chi connectivity index (χ1n) is 5.83. The van der Waals surface area contributed by atoms with Gasteiger partial charge in [0.05, 0.1) is 5.02 Å². The van der Waals surface area contributed by atoms with Crippen LogP contribution in [0, 0.1) is 0 Å². The van der Waals surface area contributed by atoms with Gasteiger partial charge in [-0.25, -0.2) is 8.42 Å². The molecule has 1 heterocycles. The van der Waals surface area contributed by atoms with Gasteiger partial charge < -0.3 is 5.32 Å². The van der Waals surface area contributed by atoms with E-state index in [0.29, 0.717) is 19.6 Å². The van der Waals surface area contributed by atoms with Gasteiger partial charge in [-0.3, -0.25) is 0 Å². The van der Waals surface area contributed by atoms with E-state index in [9.17, 15) is 8.42 Å². The summed E-state index contributed by atoms with van der Waals surface area (Å²) in [5.74, 6) is 0. The second-order valence-corrected chi connectivity index (χ2v) is 7.39. The van der Waals surface area contributed by atoms with E-state index < -0.39 is 10.0 Å². The molecule has 1 aromatic carbocycles. The minimum Gasteiger partial charge on any atom is -0.309 e. The van der Waals surface area contributed by atoms with Crippen LogP contribution in [-0.4, -0.2) is 37.9 Å². The van der Waals surface area contributed by atoms with Crippen molar-refractivity contribution in [3.05, 3.63) is 29.3 Å². The maximum absolute atomic E-state index is 12.5. The first-order valence-corrected chi connectivity index (χ1v) is 7.64. The Hall–Kier alpha value is -0.620. The zero-order valence-electron chi connectivity index (χ0n) is 10.5. The van der Waals surface area contributed by atoms with Gasteiger partial charge in [0.25, 0.3) is 0 Å². The zero-order valence-corrected chi connectivity index (χ0v) is 12.1. The first kappa shape index (κ1) is 13.8. The molecule has 1 N–H and O–H groups in total. The van der Waals surface area contributed by atoms with Crippen LogP contribution in [0.15, 0.2) is 29.2 Å². The van der Waals surface area contributed by atoms with Gasteiger partial charge in [-0.05, 0) is 26.0 Å². The Morgan fingerprint density at radius 1 is 1.33 bits per heavy atom. The van der Waals surface area contributed by atoms with Crippen LogP contribution in [0.25, 0.3) is 0 Å². The van der Waals surface area contributed by atoms with E-state index >= 15 is 0 Å². The number of benzene rings is 1. The van der Waals surface area contributed by atoms with Crippen molar-refractivity contribution in [2.45, 2.75) is 24.3 Å². The highest BCUT2D eigenvalue weighted by molar-refractivity contribution is 7.89. The van der Waals surface area contributed by atoms with Crippen molar-refractivity contribution in [3.8, 4) is 0 Å². The topological polar surface area (TPSA) is 49.4 Å². The van der Waals surface area contributed by atoms with Gasteiger partial charge >= 0.3 is 0 Å². The fourth-order valence-electron chi connectivity index (χ4n) is 2.09. The summed E-state index contributed by atoms with van der Waals surface area (Å²) in [5, 5.41) is 3.56. The summed E-state index contributed by atoms with van der Waals surface area (Å²) in [4.78, 5) is 0.185. The molecule has 1 fully saturated rings. The van der Waals surface area contributed by atoms with E-state index in [1.54, 1.807) is 24.3 Å². The summed E-state index contributed by atoms with van der Waals surface area (Å²) in [5.41, 5.74) is -0.216. The van der Waals surface area contributed by atoms with E-state index in [1.807, 2.05) is 13.8 Å². The lowest BCUT2D eigenvalue weighted by molar-refractivity contribution is 0.233. The molecule has 18 heavy (non-hydrogen) atoms. The van der Waals surface area contributed by atoms with E-state index in [4.69, 9.17) is 11.6 Å². The summed E-state index contributed by atoms with van der Waals surface area (Å²) < 4.78 is 26.5. The fourth-order valence-corrected chi connectivity index (χ4v) is 4.19. The smallest absolute Gasteiger partial charge is 0.244 e. The van der Waals surface area contributed by atoms with Gasteiger partial charge in [0.1, 0.15) is 4.90 Å². The summed E-state index contributed by atoms with van der Waals surface area (Å²) in [6, 6.07) is 6.56. The molecule has 1 aliphatic heterocycles. The lowest BCUT2D eigenvalue weighted by atomic mass is 10.0. The zero-order chi connectivity index (χ0) is 13.4. The molecule has 0 spiro atoms. The molecule has 1 aliphatic rings. The molecule has 0 amide bonds. The molecular formula is C12H17ClN2O2S. The van der Waals surface area contributed by atoms with Crippen molar-refractivity contribution in [2.24, 2.45) is 0 Å².